The Morgan fingerprint density at radius 3 is 1.93 bits per heavy atom. The molecule has 0 aliphatic rings. The molecule has 14 heteroatoms. The maximum absolute atomic E-state index is 12.8. The van der Waals surface area contributed by atoms with E-state index < -0.39 is 73.7 Å². The van der Waals surface area contributed by atoms with Gasteiger partial charge in [-0.05, 0) is 44.9 Å². The van der Waals surface area contributed by atoms with E-state index >= 15 is 0 Å². The predicted molar refractivity (Wildman–Crippen MR) is 153 cm³/mol. The van der Waals surface area contributed by atoms with Crippen LogP contribution < -0.4 is 4.18 Å². The third-order valence-corrected chi connectivity index (χ3v) is 8.66. The maximum Gasteiger partial charge on any atom is 0.508 e. The van der Waals surface area contributed by atoms with E-state index in [0.29, 0.717) is 5.56 Å². The van der Waals surface area contributed by atoms with E-state index in [1.54, 1.807) is 62.4 Å². The van der Waals surface area contributed by atoms with Crippen molar-refractivity contribution in [3.8, 4) is 5.75 Å². The van der Waals surface area contributed by atoms with Crippen LogP contribution in [-0.4, -0.2) is 70.0 Å². The number of carbonyl (C=O) groups is 2. The van der Waals surface area contributed by atoms with Gasteiger partial charge in [0.1, 0.15) is 11.9 Å². The van der Waals surface area contributed by atoms with Gasteiger partial charge in [-0.3, -0.25) is 4.18 Å². The normalized spacial score (nSPS) is 14.5. The zero-order chi connectivity index (χ0) is 31.6. The van der Waals surface area contributed by atoms with E-state index in [0.717, 1.165) is 0 Å². The van der Waals surface area contributed by atoms with Crippen molar-refractivity contribution in [2.75, 3.05) is 18.1 Å². The topological polar surface area (TPSA) is 169 Å². The average Bonchev–Trinajstić information content (AvgIpc) is 2.88. The van der Waals surface area contributed by atoms with Gasteiger partial charge in [0.2, 0.25) is 5.60 Å². The number of hydrogen-bond acceptors (Lipinski definition) is 11. The lowest BCUT2D eigenvalue weighted by Gasteiger charge is -2.45. The summed E-state index contributed by atoms with van der Waals surface area (Å²) in [6.07, 6.45) is -3.48. The van der Waals surface area contributed by atoms with Gasteiger partial charge >= 0.3 is 22.2 Å². The highest BCUT2D eigenvalue weighted by atomic mass is 32.2. The van der Waals surface area contributed by atoms with Crippen LogP contribution in [0.1, 0.15) is 46.6 Å². The number of para-hydroxylation sites is 1. The third kappa shape index (κ3) is 10.3. The van der Waals surface area contributed by atoms with Gasteiger partial charge in [-0.2, -0.15) is 16.8 Å². The van der Waals surface area contributed by atoms with E-state index in [9.17, 15) is 31.5 Å². The van der Waals surface area contributed by atoms with Gasteiger partial charge in [-0.25, -0.2) is 9.59 Å². The van der Waals surface area contributed by atoms with Gasteiger partial charge < -0.3 is 23.5 Å². The Bertz CT molecular complexity index is 1370. The molecule has 0 aromatic heterocycles. The molecule has 234 valence electrons. The van der Waals surface area contributed by atoms with Crippen LogP contribution in [0.3, 0.4) is 0 Å². The summed E-state index contributed by atoms with van der Waals surface area (Å²) in [4.78, 5) is 25.1. The van der Waals surface area contributed by atoms with Crippen molar-refractivity contribution in [3.63, 3.8) is 0 Å². The van der Waals surface area contributed by atoms with Crippen LogP contribution in [-0.2, 0) is 50.0 Å². The molecule has 2 aromatic carbocycles. The van der Waals surface area contributed by atoms with Gasteiger partial charge in [0.15, 0.2) is 0 Å². The molecular formula is C28H38O12S2. The molecule has 0 saturated heterocycles. The molecule has 0 saturated carbocycles. The number of carboxylic acids is 1. The average molecular weight is 631 g/mol. The Labute approximate surface area is 247 Å². The van der Waals surface area contributed by atoms with E-state index in [4.69, 9.17) is 22.6 Å². The molecule has 2 rings (SSSR count). The molecule has 0 aliphatic heterocycles. The van der Waals surface area contributed by atoms with Crippen LogP contribution in [0.4, 0.5) is 4.79 Å². The molecule has 1 N–H and O–H groups in total. The van der Waals surface area contributed by atoms with Crippen LogP contribution in [0.25, 0.3) is 0 Å². The van der Waals surface area contributed by atoms with Gasteiger partial charge in [-0.1, -0.05) is 62.4 Å². The fraction of sp³-hybridized carbons (Fsp3) is 0.500. The molecule has 0 heterocycles. The van der Waals surface area contributed by atoms with Crippen molar-refractivity contribution in [2.45, 2.75) is 65.5 Å². The van der Waals surface area contributed by atoms with Crippen LogP contribution in [0.5, 0.6) is 5.75 Å². The van der Waals surface area contributed by atoms with E-state index in [2.05, 4.69) is 0 Å². The molecule has 0 radical (unpaired) electrons. The molecule has 12 nitrogen and oxygen atoms in total. The third-order valence-electron chi connectivity index (χ3n) is 6.16. The van der Waals surface area contributed by atoms with Crippen molar-refractivity contribution in [3.05, 3.63) is 66.2 Å². The van der Waals surface area contributed by atoms with Crippen molar-refractivity contribution >= 4 is 32.4 Å². The minimum Gasteiger partial charge on any atom is -0.479 e. The first-order valence-electron chi connectivity index (χ1n) is 13.1. The Kier molecular flexibility index (Phi) is 12.3. The van der Waals surface area contributed by atoms with Crippen LogP contribution in [0.15, 0.2) is 60.7 Å². The summed E-state index contributed by atoms with van der Waals surface area (Å²) < 4.78 is 76.3. The Morgan fingerprint density at radius 2 is 1.38 bits per heavy atom. The summed E-state index contributed by atoms with van der Waals surface area (Å²) in [5.41, 5.74) is -3.31. The van der Waals surface area contributed by atoms with Crippen molar-refractivity contribution in [2.24, 2.45) is 5.41 Å². The first-order valence-corrected chi connectivity index (χ1v) is 16.3. The standard InChI is InChI=1S/C28H38O12S2/c1-21(2)38-26(31)39-22(3)28(25(29)30,36-19-23-13-8-6-9-14-23)27(4,5)20-37-41(32,33)17-12-18-42(34,35)40-24-15-10-7-11-16-24/h6-11,13-16,21-22H,12,17-20H2,1-5H3,(H,29,30)/t22?,28-/m1/s1. The summed E-state index contributed by atoms with van der Waals surface area (Å²) in [6, 6.07) is 16.4. The van der Waals surface area contributed by atoms with Crippen molar-refractivity contribution in [1.82, 2.24) is 0 Å². The monoisotopic (exact) mass is 630 g/mol. The number of rotatable bonds is 17. The van der Waals surface area contributed by atoms with Gasteiger partial charge in [0, 0.05) is 5.41 Å². The molecule has 0 fully saturated rings. The second-order valence-corrected chi connectivity index (χ2v) is 13.9. The largest absolute Gasteiger partial charge is 0.508 e. The van der Waals surface area contributed by atoms with Gasteiger partial charge in [-0.15, -0.1) is 0 Å². The molecule has 2 atom stereocenters. The fourth-order valence-corrected chi connectivity index (χ4v) is 6.35. The fourth-order valence-electron chi connectivity index (χ4n) is 4.09. The lowest BCUT2D eigenvalue weighted by atomic mass is 9.72. The summed E-state index contributed by atoms with van der Waals surface area (Å²) in [5, 5.41) is 10.4. The van der Waals surface area contributed by atoms with Crippen LogP contribution in [0, 0.1) is 5.41 Å². The lowest BCUT2D eigenvalue weighted by Crippen LogP contribution is -2.63. The molecular weight excluding hydrogens is 592 g/mol. The van der Waals surface area contributed by atoms with Crippen LogP contribution >= 0.6 is 0 Å². The number of carbonyl (C=O) groups excluding carboxylic acids is 1. The molecule has 0 aliphatic carbocycles. The zero-order valence-corrected chi connectivity index (χ0v) is 25.9. The van der Waals surface area contributed by atoms with Gasteiger partial charge in [0.05, 0.1) is 30.8 Å². The second kappa shape index (κ2) is 14.8. The molecule has 0 bridgehead atoms. The Balaban J connectivity index is 2.20. The van der Waals surface area contributed by atoms with Crippen LogP contribution in [0.2, 0.25) is 0 Å². The van der Waals surface area contributed by atoms with E-state index in [1.165, 1.54) is 32.9 Å². The first kappa shape index (κ1) is 35.0. The quantitative estimate of drug-likeness (QED) is 0.196. The van der Waals surface area contributed by atoms with Crippen molar-refractivity contribution in [1.29, 1.82) is 0 Å². The summed E-state index contributed by atoms with van der Waals surface area (Å²) in [5.74, 6) is -2.72. The Hall–Kier alpha value is -3.20. The van der Waals surface area contributed by atoms with Crippen molar-refractivity contribution < 1.29 is 54.1 Å². The van der Waals surface area contributed by atoms with E-state index in [-0.39, 0.29) is 18.8 Å². The maximum atomic E-state index is 12.8. The highest BCUT2D eigenvalue weighted by Gasteiger charge is 2.59. The molecule has 2 aromatic rings. The Morgan fingerprint density at radius 1 is 0.833 bits per heavy atom. The highest BCUT2D eigenvalue weighted by Crippen LogP contribution is 2.41. The molecule has 0 amide bonds. The predicted octanol–water partition coefficient (Wildman–Crippen LogP) is 4.15. The van der Waals surface area contributed by atoms with Gasteiger partial charge in [0.25, 0.3) is 10.1 Å². The van der Waals surface area contributed by atoms with E-state index in [1.807, 2.05) is 0 Å². The summed E-state index contributed by atoms with van der Waals surface area (Å²) >= 11 is 0. The molecule has 1 unspecified atom stereocenters. The number of carboxylic acid groups (broad SMARTS) is 1. The number of benzene rings is 2. The molecule has 0 spiro atoms. The first-order chi connectivity index (χ1) is 19.5. The lowest BCUT2D eigenvalue weighted by molar-refractivity contribution is -0.219. The smallest absolute Gasteiger partial charge is 0.479 e. The number of ether oxygens (including phenoxy) is 3. The second-order valence-electron chi connectivity index (χ2n) is 10.4. The SMILES string of the molecule is CC(C)OC(=O)OC(C)[C@@](OCc1ccccc1)(C(=O)O)C(C)(C)COS(=O)(=O)CCCS(=O)(=O)Oc1ccccc1. The minimum atomic E-state index is -4.33. The number of aliphatic carboxylic acids is 1. The zero-order valence-electron chi connectivity index (χ0n) is 24.2. The summed E-state index contributed by atoms with van der Waals surface area (Å²) in [6.45, 7) is 6.36. The summed E-state index contributed by atoms with van der Waals surface area (Å²) in [7, 11) is -8.41. The highest BCUT2D eigenvalue weighted by molar-refractivity contribution is 7.87. The number of hydrogen-bond donors (Lipinski definition) is 1. The molecule has 42 heavy (non-hydrogen) atoms. The minimum absolute atomic E-state index is 0.0903.